The van der Waals surface area contributed by atoms with Crippen LogP contribution in [-0.4, -0.2) is 4.57 Å². The van der Waals surface area contributed by atoms with Gasteiger partial charge in [0.2, 0.25) is 0 Å². The summed E-state index contributed by atoms with van der Waals surface area (Å²) in [5.74, 6) is 0. The Morgan fingerprint density at radius 2 is 2.08 bits per heavy atom. The molecule has 0 bridgehead atoms. The van der Waals surface area contributed by atoms with Gasteiger partial charge in [-0.3, -0.25) is 0 Å². The highest BCUT2D eigenvalue weighted by atomic mass is 14.9. The Balaban J connectivity index is 2.82. The molecule has 0 aliphatic heterocycles. The Morgan fingerprint density at radius 1 is 1.33 bits per heavy atom. The highest BCUT2D eigenvalue weighted by molar-refractivity contribution is 5.83. The second kappa shape index (κ2) is 2.67. The molecule has 0 saturated carbocycles. The van der Waals surface area contributed by atoms with E-state index in [2.05, 4.69) is 48.9 Å². The highest BCUT2D eigenvalue weighted by Crippen LogP contribution is 2.19. The lowest BCUT2D eigenvalue weighted by Crippen LogP contribution is -1.89. The minimum Gasteiger partial charge on any atom is -0.347 e. The normalized spacial score (nSPS) is 10.8. The number of benzene rings is 1. The van der Waals surface area contributed by atoms with Crippen molar-refractivity contribution >= 4 is 10.9 Å². The lowest BCUT2D eigenvalue weighted by atomic mass is 10.2. The summed E-state index contributed by atoms with van der Waals surface area (Å²) in [7, 11) is 0. The van der Waals surface area contributed by atoms with E-state index in [0.29, 0.717) is 0 Å². The third-order valence-electron chi connectivity index (χ3n) is 2.23. The maximum atomic E-state index is 3.88. The molecular formula is C11H12N. The van der Waals surface area contributed by atoms with Gasteiger partial charge in [0.1, 0.15) is 0 Å². The van der Waals surface area contributed by atoms with Gasteiger partial charge in [-0.25, -0.2) is 0 Å². The van der Waals surface area contributed by atoms with Crippen LogP contribution in [0.3, 0.4) is 0 Å². The largest absolute Gasteiger partial charge is 0.347 e. The fourth-order valence-electron chi connectivity index (χ4n) is 1.62. The van der Waals surface area contributed by atoms with Crippen molar-refractivity contribution in [1.29, 1.82) is 0 Å². The zero-order valence-electron chi connectivity index (χ0n) is 7.25. The second-order valence-electron chi connectivity index (χ2n) is 3.02. The maximum Gasteiger partial charge on any atom is 0.0483 e. The van der Waals surface area contributed by atoms with Gasteiger partial charge in [-0.2, -0.15) is 0 Å². The molecule has 1 aromatic carbocycles. The summed E-state index contributed by atoms with van der Waals surface area (Å²) in [4.78, 5) is 0. The molecule has 2 aromatic rings. The highest BCUT2D eigenvalue weighted by Gasteiger charge is 2.01. The number of aromatic nitrogens is 1. The monoisotopic (exact) mass is 158 g/mol. The molecule has 0 atom stereocenters. The van der Waals surface area contributed by atoms with Crippen LogP contribution in [0.15, 0.2) is 30.5 Å². The van der Waals surface area contributed by atoms with Crippen molar-refractivity contribution in [3.63, 3.8) is 0 Å². The predicted octanol–water partition coefficient (Wildman–Crippen LogP) is 2.78. The lowest BCUT2D eigenvalue weighted by Gasteiger charge is -1.97. The van der Waals surface area contributed by atoms with E-state index in [9.17, 15) is 0 Å². The summed E-state index contributed by atoms with van der Waals surface area (Å²) >= 11 is 0. The van der Waals surface area contributed by atoms with Crippen LogP contribution in [0.5, 0.6) is 0 Å². The Morgan fingerprint density at radius 3 is 2.83 bits per heavy atom. The molecule has 0 N–H and O–H groups in total. The fourth-order valence-corrected chi connectivity index (χ4v) is 1.62. The summed E-state index contributed by atoms with van der Waals surface area (Å²) in [6.45, 7) is 6.82. The zero-order valence-corrected chi connectivity index (χ0v) is 7.25. The molecule has 1 aromatic heterocycles. The first-order valence-electron chi connectivity index (χ1n) is 4.16. The Bertz CT molecular complexity index is 398. The molecule has 0 unspecified atom stereocenters. The van der Waals surface area contributed by atoms with Gasteiger partial charge < -0.3 is 4.57 Å². The average molecular weight is 158 g/mol. The molecule has 0 fully saturated rings. The first-order valence-corrected chi connectivity index (χ1v) is 4.16. The molecule has 0 aliphatic carbocycles. The van der Waals surface area contributed by atoms with Crippen LogP contribution in [0.25, 0.3) is 10.9 Å². The van der Waals surface area contributed by atoms with Crippen LogP contribution in [-0.2, 0) is 6.54 Å². The van der Waals surface area contributed by atoms with E-state index in [1.807, 2.05) is 0 Å². The van der Waals surface area contributed by atoms with Crippen LogP contribution in [0.4, 0.5) is 0 Å². The Labute approximate surface area is 72.6 Å². The topological polar surface area (TPSA) is 4.93 Å². The van der Waals surface area contributed by atoms with Crippen molar-refractivity contribution in [1.82, 2.24) is 4.57 Å². The van der Waals surface area contributed by atoms with Crippen LogP contribution in [0, 0.1) is 13.8 Å². The van der Waals surface area contributed by atoms with Gasteiger partial charge in [0, 0.05) is 23.6 Å². The quantitative estimate of drug-likeness (QED) is 0.601. The minimum absolute atomic E-state index is 0.800. The number of para-hydroxylation sites is 1. The molecule has 1 radical (unpaired) electrons. The molecule has 1 nitrogen and oxygen atoms in total. The molecule has 0 spiro atoms. The van der Waals surface area contributed by atoms with Gasteiger partial charge >= 0.3 is 0 Å². The van der Waals surface area contributed by atoms with Crippen molar-refractivity contribution in [2.75, 3.05) is 0 Å². The van der Waals surface area contributed by atoms with Gasteiger partial charge in [-0.05, 0) is 25.5 Å². The molecule has 1 heterocycles. The standard InChI is InChI=1S/C11H12N/c1-3-12-8-9(2)10-6-4-5-7-11(10)12/h4-8H,1,3H2,2H3. The van der Waals surface area contributed by atoms with Crippen molar-refractivity contribution in [3.8, 4) is 0 Å². The van der Waals surface area contributed by atoms with E-state index in [0.717, 1.165) is 6.54 Å². The van der Waals surface area contributed by atoms with E-state index < -0.39 is 0 Å². The SMILES string of the molecule is [CH2]Cn1cc(C)c2ccccc21. The zero-order chi connectivity index (χ0) is 8.55. The van der Waals surface area contributed by atoms with Crippen molar-refractivity contribution in [3.05, 3.63) is 42.9 Å². The van der Waals surface area contributed by atoms with Crippen molar-refractivity contribution in [2.45, 2.75) is 13.5 Å². The summed E-state index contributed by atoms with van der Waals surface area (Å²) in [6.07, 6.45) is 2.15. The van der Waals surface area contributed by atoms with Gasteiger partial charge in [-0.1, -0.05) is 18.2 Å². The first kappa shape index (κ1) is 7.41. The Kier molecular flexibility index (Phi) is 1.65. The van der Waals surface area contributed by atoms with Crippen LogP contribution >= 0.6 is 0 Å². The van der Waals surface area contributed by atoms with E-state index >= 15 is 0 Å². The number of rotatable bonds is 1. The molecule has 61 valence electrons. The van der Waals surface area contributed by atoms with Crippen LogP contribution in [0.2, 0.25) is 0 Å². The number of hydrogen-bond donors (Lipinski definition) is 0. The van der Waals surface area contributed by atoms with Gasteiger partial charge in [-0.15, -0.1) is 0 Å². The lowest BCUT2D eigenvalue weighted by molar-refractivity contribution is 0.858. The maximum absolute atomic E-state index is 3.88. The van der Waals surface area contributed by atoms with E-state index in [4.69, 9.17) is 0 Å². The summed E-state index contributed by atoms with van der Waals surface area (Å²) in [6, 6.07) is 8.42. The molecule has 12 heavy (non-hydrogen) atoms. The van der Waals surface area contributed by atoms with Gasteiger partial charge in [0.15, 0.2) is 0 Å². The van der Waals surface area contributed by atoms with Crippen LogP contribution in [0.1, 0.15) is 5.56 Å². The van der Waals surface area contributed by atoms with Gasteiger partial charge in [0.25, 0.3) is 0 Å². The number of nitrogens with zero attached hydrogens (tertiary/aromatic N) is 1. The number of fused-ring (bicyclic) bond motifs is 1. The van der Waals surface area contributed by atoms with E-state index in [-0.39, 0.29) is 0 Å². The Hall–Kier alpha value is -1.24. The first-order chi connectivity index (χ1) is 5.83. The molecule has 0 saturated heterocycles. The molecular weight excluding hydrogens is 146 g/mol. The van der Waals surface area contributed by atoms with Gasteiger partial charge in [0.05, 0.1) is 0 Å². The predicted molar refractivity (Wildman–Crippen MR) is 52.0 cm³/mol. The summed E-state index contributed by atoms with van der Waals surface area (Å²) in [5.41, 5.74) is 2.61. The van der Waals surface area contributed by atoms with Crippen molar-refractivity contribution < 1.29 is 0 Å². The van der Waals surface area contributed by atoms with E-state index in [1.54, 1.807) is 0 Å². The summed E-state index contributed by atoms with van der Waals surface area (Å²) in [5, 5.41) is 1.33. The second-order valence-corrected chi connectivity index (χ2v) is 3.02. The van der Waals surface area contributed by atoms with Crippen LogP contribution < -0.4 is 0 Å². The fraction of sp³-hybridized carbons (Fsp3) is 0.182. The summed E-state index contributed by atoms with van der Waals surface area (Å²) < 4.78 is 2.17. The smallest absolute Gasteiger partial charge is 0.0483 e. The third-order valence-corrected chi connectivity index (χ3v) is 2.23. The third kappa shape index (κ3) is 0.934. The minimum atomic E-state index is 0.800. The number of hydrogen-bond acceptors (Lipinski definition) is 0. The molecule has 0 amide bonds. The van der Waals surface area contributed by atoms with E-state index in [1.165, 1.54) is 16.5 Å². The van der Waals surface area contributed by atoms with Crippen molar-refractivity contribution in [2.24, 2.45) is 0 Å². The number of aryl methyl sites for hydroxylation is 1. The molecule has 1 heteroatoms. The molecule has 0 aliphatic rings. The molecule has 2 rings (SSSR count). The average Bonchev–Trinajstić information content (AvgIpc) is 2.44.